The standard InChI is InChI=1S/C17H27N3O5S/c1-13(17(21)19-10-8-18(2)9-11-19)20(26(5,22)23)14-6-7-15(24-3)16(12-14)25-4/h6-7,12-13H,8-11H2,1-5H3/t13-/m1/s1. The summed E-state index contributed by atoms with van der Waals surface area (Å²) in [5, 5.41) is 0. The number of hydrogen-bond donors (Lipinski definition) is 0. The summed E-state index contributed by atoms with van der Waals surface area (Å²) in [7, 11) is 1.30. The van der Waals surface area contributed by atoms with Crippen molar-refractivity contribution in [3.63, 3.8) is 0 Å². The third-order valence-electron chi connectivity index (χ3n) is 4.50. The number of ether oxygens (including phenoxy) is 2. The highest BCUT2D eigenvalue weighted by Crippen LogP contribution is 2.33. The molecular weight excluding hydrogens is 358 g/mol. The Bertz CT molecular complexity index is 745. The van der Waals surface area contributed by atoms with Crippen LogP contribution in [0.5, 0.6) is 11.5 Å². The highest BCUT2D eigenvalue weighted by atomic mass is 32.2. The fourth-order valence-corrected chi connectivity index (χ4v) is 4.22. The van der Waals surface area contributed by atoms with Gasteiger partial charge in [-0.05, 0) is 26.1 Å². The molecule has 1 saturated heterocycles. The Morgan fingerprint density at radius 2 is 1.69 bits per heavy atom. The summed E-state index contributed by atoms with van der Waals surface area (Å²) in [5.41, 5.74) is 0.361. The van der Waals surface area contributed by atoms with Crippen LogP contribution in [-0.4, -0.2) is 83.9 Å². The van der Waals surface area contributed by atoms with E-state index >= 15 is 0 Å². The molecule has 1 atom stereocenters. The largest absolute Gasteiger partial charge is 0.493 e. The number of nitrogens with zero attached hydrogens (tertiary/aromatic N) is 3. The zero-order valence-electron chi connectivity index (χ0n) is 15.9. The molecule has 9 heteroatoms. The number of piperazine rings is 1. The fraction of sp³-hybridized carbons (Fsp3) is 0.588. The maximum absolute atomic E-state index is 12.9. The van der Waals surface area contributed by atoms with Crippen molar-refractivity contribution in [3.05, 3.63) is 18.2 Å². The third kappa shape index (κ3) is 4.39. The van der Waals surface area contributed by atoms with Crippen LogP contribution in [0.3, 0.4) is 0 Å². The Kier molecular flexibility index (Phi) is 6.35. The molecule has 0 aliphatic carbocycles. The smallest absolute Gasteiger partial charge is 0.246 e. The predicted octanol–water partition coefficient (Wildman–Crippen LogP) is 0.632. The van der Waals surface area contributed by atoms with Gasteiger partial charge >= 0.3 is 0 Å². The number of sulfonamides is 1. The summed E-state index contributed by atoms with van der Waals surface area (Å²) >= 11 is 0. The molecule has 1 heterocycles. The minimum Gasteiger partial charge on any atom is -0.493 e. The van der Waals surface area contributed by atoms with Crippen molar-refractivity contribution < 1.29 is 22.7 Å². The van der Waals surface area contributed by atoms with Crippen LogP contribution < -0.4 is 13.8 Å². The second-order valence-corrected chi connectivity index (χ2v) is 8.26. The Labute approximate surface area is 155 Å². The number of likely N-dealkylation sites (N-methyl/N-ethyl adjacent to an activating group) is 1. The van der Waals surface area contributed by atoms with Gasteiger partial charge in [-0.15, -0.1) is 0 Å². The average Bonchev–Trinajstić information content (AvgIpc) is 2.60. The van der Waals surface area contributed by atoms with Crippen LogP contribution in [0.25, 0.3) is 0 Å². The Balaban J connectivity index is 2.34. The van der Waals surface area contributed by atoms with Crippen LogP contribution in [0, 0.1) is 0 Å². The van der Waals surface area contributed by atoms with Crippen molar-refractivity contribution in [2.24, 2.45) is 0 Å². The van der Waals surface area contributed by atoms with Gasteiger partial charge in [0.1, 0.15) is 6.04 Å². The lowest BCUT2D eigenvalue weighted by molar-refractivity contribution is -0.133. The molecule has 0 N–H and O–H groups in total. The number of methoxy groups -OCH3 is 2. The van der Waals surface area contributed by atoms with Gasteiger partial charge in [-0.1, -0.05) is 0 Å². The Hall–Kier alpha value is -2.00. The summed E-state index contributed by atoms with van der Waals surface area (Å²) in [6.45, 7) is 4.33. The minimum absolute atomic E-state index is 0.210. The monoisotopic (exact) mass is 385 g/mol. The number of benzene rings is 1. The SMILES string of the molecule is COc1ccc(N([C@H](C)C(=O)N2CCN(C)CC2)S(C)(=O)=O)cc1OC. The second kappa shape index (κ2) is 8.13. The summed E-state index contributed by atoms with van der Waals surface area (Å²) in [6.07, 6.45) is 1.09. The molecule has 0 spiro atoms. The molecule has 0 aromatic heterocycles. The number of anilines is 1. The molecule has 0 unspecified atom stereocenters. The molecule has 1 fully saturated rings. The average molecular weight is 385 g/mol. The number of hydrogen-bond acceptors (Lipinski definition) is 6. The van der Waals surface area contributed by atoms with Gasteiger partial charge in [-0.25, -0.2) is 8.42 Å². The van der Waals surface area contributed by atoms with Gasteiger partial charge in [0, 0.05) is 32.2 Å². The van der Waals surface area contributed by atoms with Crippen molar-refractivity contribution in [1.82, 2.24) is 9.80 Å². The second-order valence-electron chi connectivity index (χ2n) is 6.40. The predicted molar refractivity (Wildman–Crippen MR) is 100 cm³/mol. The van der Waals surface area contributed by atoms with E-state index in [1.165, 1.54) is 14.2 Å². The first-order valence-electron chi connectivity index (χ1n) is 8.37. The van der Waals surface area contributed by atoms with Crippen molar-refractivity contribution in [2.45, 2.75) is 13.0 Å². The molecule has 0 saturated carbocycles. The number of carbonyl (C=O) groups excluding carboxylic acids is 1. The molecule has 0 radical (unpaired) electrons. The lowest BCUT2D eigenvalue weighted by Crippen LogP contribution is -2.54. The summed E-state index contributed by atoms with van der Waals surface area (Å²) in [5.74, 6) is 0.680. The van der Waals surface area contributed by atoms with Crippen LogP contribution in [0.4, 0.5) is 5.69 Å². The molecule has 1 amide bonds. The first-order chi connectivity index (χ1) is 12.2. The molecule has 26 heavy (non-hydrogen) atoms. The van der Waals surface area contributed by atoms with Crippen LogP contribution in [0.1, 0.15) is 6.92 Å². The molecule has 1 aliphatic heterocycles. The molecular formula is C17H27N3O5S. The van der Waals surface area contributed by atoms with Crippen LogP contribution in [-0.2, 0) is 14.8 Å². The van der Waals surface area contributed by atoms with Crippen molar-refractivity contribution in [2.75, 3.05) is 58.0 Å². The van der Waals surface area contributed by atoms with Crippen molar-refractivity contribution in [3.8, 4) is 11.5 Å². The van der Waals surface area contributed by atoms with Crippen LogP contribution >= 0.6 is 0 Å². The van der Waals surface area contributed by atoms with Crippen molar-refractivity contribution >= 4 is 21.6 Å². The minimum atomic E-state index is -3.68. The maximum atomic E-state index is 12.9. The third-order valence-corrected chi connectivity index (χ3v) is 5.74. The summed E-state index contributed by atoms with van der Waals surface area (Å²) < 4.78 is 36.5. The first kappa shape index (κ1) is 20.3. The topological polar surface area (TPSA) is 79.4 Å². The zero-order chi connectivity index (χ0) is 19.5. The van der Waals surface area contributed by atoms with Gasteiger partial charge in [-0.3, -0.25) is 9.10 Å². The molecule has 0 bridgehead atoms. The van der Waals surface area contributed by atoms with E-state index in [0.29, 0.717) is 30.3 Å². The number of amides is 1. The lowest BCUT2D eigenvalue weighted by atomic mass is 10.2. The van der Waals surface area contributed by atoms with Gasteiger partial charge in [0.25, 0.3) is 0 Å². The van der Waals surface area contributed by atoms with E-state index in [4.69, 9.17) is 9.47 Å². The quantitative estimate of drug-likeness (QED) is 0.715. The Morgan fingerprint density at radius 1 is 1.12 bits per heavy atom. The zero-order valence-corrected chi connectivity index (χ0v) is 16.7. The highest BCUT2D eigenvalue weighted by molar-refractivity contribution is 7.92. The van der Waals surface area contributed by atoms with E-state index in [-0.39, 0.29) is 5.91 Å². The van der Waals surface area contributed by atoms with Gasteiger partial charge in [0.15, 0.2) is 11.5 Å². The molecule has 1 aromatic rings. The normalized spacial score (nSPS) is 16.9. The van der Waals surface area contributed by atoms with Gasteiger partial charge in [-0.2, -0.15) is 0 Å². The molecule has 2 rings (SSSR count). The van der Waals surface area contributed by atoms with E-state index in [2.05, 4.69) is 4.90 Å². The van der Waals surface area contributed by atoms with Gasteiger partial charge in [0.05, 0.1) is 26.2 Å². The summed E-state index contributed by atoms with van der Waals surface area (Å²) in [6, 6.07) is 3.94. The van der Waals surface area contributed by atoms with E-state index < -0.39 is 16.1 Å². The van der Waals surface area contributed by atoms with Crippen LogP contribution in [0.2, 0.25) is 0 Å². The van der Waals surface area contributed by atoms with Gasteiger partial charge in [0.2, 0.25) is 15.9 Å². The van der Waals surface area contributed by atoms with Gasteiger partial charge < -0.3 is 19.3 Å². The number of carbonyl (C=O) groups is 1. The van der Waals surface area contributed by atoms with E-state index in [0.717, 1.165) is 23.7 Å². The van der Waals surface area contributed by atoms with E-state index in [1.54, 1.807) is 30.0 Å². The van der Waals surface area contributed by atoms with Crippen molar-refractivity contribution in [1.29, 1.82) is 0 Å². The molecule has 1 aromatic carbocycles. The van der Waals surface area contributed by atoms with E-state index in [9.17, 15) is 13.2 Å². The van der Waals surface area contributed by atoms with Crippen LogP contribution in [0.15, 0.2) is 18.2 Å². The molecule has 1 aliphatic rings. The highest BCUT2D eigenvalue weighted by Gasteiger charge is 2.33. The molecule has 146 valence electrons. The Morgan fingerprint density at radius 3 is 2.19 bits per heavy atom. The number of rotatable bonds is 6. The molecule has 8 nitrogen and oxygen atoms in total. The maximum Gasteiger partial charge on any atom is 0.246 e. The van der Waals surface area contributed by atoms with E-state index in [1.807, 2.05) is 7.05 Å². The fourth-order valence-electron chi connectivity index (χ4n) is 3.06. The summed E-state index contributed by atoms with van der Waals surface area (Å²) in [4.78, 5) is 16.7. The first-order valence-corrected chi connectivity index (χ1v) is 10.2. The lowest BCUT2D eigenvalue weighted by Gasteiger charge is -2.37.